The Kier molecular flexibility index (Phi) is 7.59. The number of hydrogen-bond acceptors (Lipinski definition) is 4. The highest BCUT2D eigenvalue weighted by Gasteiger charge is 2.15. The van der Waals surface area contributed by atoms with Crippen molar-refractivity contribution >= 4 is 0 Å². The van der Waals surface area contributed by atoms with Crippen molar-refractivity contribution in [3.8, 4) is 5.75 Å². The Labute approximate surface area is 122 Å². The van der Waals surface area contributed by atoms with Crippen molar-refractivity contribution in [2.45, 2.75) is 32.4 Å². The van der Waals surface area contributed by atoms with Crippen molar-refractivity contribution in [3.05, 3.63) is 29.8 Å². The monoisotopic (exact) mass is 281 g/mol. The van der Waals surface area contributed by atoms with Gasteiger partial charge in [0.15, 0.2) is 0 Å². The second kappa shape index (κ2) is 8.95. The fourth-order valence-electron chi connectivity index (χ4n) is 2.11. The molecule has 0 saturated carbocycles. The lowest BCUT2D eigenvalue weighted by molar-refractivity contribution is 0.0653. The highest BCUT2D eigenvalue weighted by molar-refractivity contribution is 5.29. The van der Waals surface area contributed by atoms with E-state index in [0.717, 1.165) is 30.9 Å². The van der Waals surface area contributed by atoms with E-state index in [1.165, 1.54) is 0 Å². The molecule has 0 unspecified atom stereocenters. The molecule has 4 nitrogen and oxygen atoms in total. The Morgan fingerprint density at radius 1 is 1.20 bits per heavy atom. The lowest BCUT2D eigenvalue weighted by atomic mass is 10.1. The molecule has 0 heterocycles. The van der Waals surface area contributed by atoms with Gasteiger partial charge in [0.25, 0.3) is 0 Å². The number of rotatable bonds is 9. The minimum atomic E-state index is 0.0138. The second-order valence-corrected chi connectivity index (χ2v) is 5.23. The summed E-state index contributed by atoms with van der Waals surface area (Å²) >= 11 is 0. The molecular weight excluding hydrogens is 254 g/mol. The molecular formula is C16H27NO3. The van der Waals surface area contributed by atoms with Crippen molar-refractivity contribution in [2.24, 2.45) is 0 Å². The summed E-state index contributed by atoms with van der Waals surface area (Å²) in [6.07, 6.45) is 1.23. The van der Waals surface area contributed by atoms with Crippen LogP contribution in [0.15, 0.2) is 24.3 Å². The van der Waals surface area contributed by atoms with Gasteiger partial charge < -0.3 is 14.6 Å². The normalized spacial score (nSPS) is 12.9. The Morgan fingerprint density at radius 2 is 1.85 bits per heavy atom. The summed E-state index contributed by atoms with van der Waals surface area (Å²) in [6.45, 7) is 5.83. The third kappa shape index (κ3) is 5.49. The van der Waals surface area contributed by atoms with E-state index in [2.05, 4.69) is 4.90 Å². The summed E-state index contributed by atoms with van der Waals surface area (Å²) in [5.41, 5.74) is 1.10. The molecule has 0 aliphatic carbocycles. The van der Waals surface area contributed by atoms with E-state index in [1.54, 1.807) is 7.11 Å². The van der Waals surface area contributed by atoms with Crippen molar-refractivity contribution < 1.29 is 14.6 Å². The maximum Gasteiger partial charge on any atom is 0.118 e. The van der Waals surface area contributed by atoms with Crippen LogP contribution in [0.25, 0.3) is 0 Å². The summed E-state index contributed by atoms with van der Waals surface area (Å²) < 4.78 is 10.7. The molecule has 1 atom stereocenters. The van der Waals surface area contributed by atoms with E-state index in [0.29, 0.717) is 0 Å². The van der Waals surface area contributed by atoms with Crippen LogP contribution in [0.5, 0.6) is 5.75 Å². The molecule has 0 saturated heterocycles. The second-order valence-electron chi connectivity index (χ2n) is 5.23. The van der Waals surface area contributed by atoms with Crippen LogP contribution >= 0.6 is 0 Å². The third-order valence-corrected chi connectivity index (χ3v) is 3.31. The maximum atomic E-state index is 9.62. The average Bonchev–Trinajstić information content (AvgIpc) is 2.45. The molecule has 0 aromatic heterocycles. The lowest BCUT2D eigenvalue weighted by Crippen LogP contribution is -2.29. The first-order chi connectivity index (χ1) is 9.58. The van der Waals surface area contributed by atoms with Crippen molar-refractivity contribution in [1.82, 2.24) is 4.90 Å². The Morgan fingerprint density at radius 3 is 2.35 bits per heavy atom. The largest absolute Gasteiger partial charge is 0.497 e. The summed E-state index contributed by atoms with van der Waals surface area (Å²) in [7, 11) is 3.68. The van der Waals surface area contributed by atoms with E-state index in [9.17, 15) is 5.11 Å². The highest BCUT2D eigenvalue weighted by Crippen LogP contribution is 2.21. The molecule has 114 valence electrons. The number of methoxy groups -OCH3 is 1. The first-order valence-corrected chi connectivity index (χ1v) is 7.15. The molecule has 1 N–H and O–H groups in total. The SMILES string of the molecule is COc1ccc([C@H](CO)N(C)CCCOC(C)C)cc1. The molecule has 1 aromatic carbocycles. The van der Waals surface area contributed by atoms with Gasteiger partial charge in [-0.1, -0.05) is 12.1 Å². The summed E-state index contributed by atoms with van der Waals surface area (Å²) in [6, 6.07) is 7.86. The zero-order chi connectivity index (χ0) is 15.0. The number of hydrogen-bond donors (Lipinski definition) is 1. The van der Waals surface area contributed by atoms with Gasteiger partial charge in [-0.25, -0.2) is 0 Å². The zero-order valence-corrected chi connectivity index (χ0v) is 13.0. The first kappa shape index (κ1) is 17.0. The molecule has 0 spiro atoms. The Balaban J connectivity index is 2.50. The van der Waals surface area contributed by atoms with Crippen LogP contribution in [0, 0.1) is 0 Å². The first-order valence-electron chi connectivity index (χ1n) is 7.15. The van der Waals surface area contributed by atoms with Crippen LogP contribution in [0.4, 0.5) is 0 Å². The van der Waals surface area contributed by atoms with Gasteiger partial charge in [-0.05, 0) is 45.0 Å². The molecule has 1 rings (SSSR count). The van der Waals surface area contributed by atoms with Crippen LogP contribution in [-0.4, -0.2) is 50.0 Å². The van der Waals surface area contributed by atoms with Gasteiger partial charge in [-0.2, -0.15) is 0 Å². The topological polar surface area (TPSA) is 41.9 Å². The van der Waals surface area contributed by atoms with E-state index in [1.807, 2.05) is 45.2 Å². The van der Waals surface area contributed by atoms with Gasteiger partial charge in [0.05, 0.1) is 25.9 Å². The van der Waals surface area contributed by atoms with E-state index < -0.39 is 0 Å². The maximum absolute atomic E-state index is 9.62. The molecule has 0 bridgehead atoms. The quantitative estimate of drug-likeness (QED) is 0.706. The van der Waals surface area contributed by atoms with Crippen molar-refractivity contribution in [2.75, 3.05) is 33.9 Å². The molecule has 0 aliphatic rings. The number of aliphatic hydroxyl groups excluding tert-OH is 1. The fourth-order valence-corrected chi connectivity index (χ4v) is 2.11. The van der Waals surface area contributed by atoms with E-state index in [4.69, 9.17) is 9.47 Å². The van der Waals surface area contributed by atoms with Gasteiger partial charge >= 0.3 is 0 Å². The van der Waals surface area contributed by atoms with Crippen LogP contribution in [0.3, 0.4) is 0 Å². The van der Waals surface area contributed by atoms with Gasteiger partial charge in [-0.15, -0.1) is 0 Å². The number of benzene rings is 1. The Bertz CT molecular complexity index is 364. The minimum absolute atomic E-state index is 0.0138. The Hall–Kier alpha value is -1.10. The number of likely N-dealkylation sites (N-methyl/N-ethyl adjacent to an activating group) is 1. The highest BCUT2D eigenvalue weighted by atomic mass is 16.5. The summed E-state index contributed by atoms with van der Waals surface area (Å²) in [5.74, 6) is 0.832. The fraction of sp³-hybridized carbons (Fsp3) is 0.625. The van der Waals surface area contributed by atoms with Crippen molar-refractivity contribution in [1.29, 1.82) is 0 Å². The van der Waals surface area contributed by atoms with Gasteiger partial charge in [-0.3, -0.25) is 4.90 Å². The van der Waals surface area contributed by atoms with Crippen molar-refractivity contribution in [3.63, 3.8) is 0 Å². The summed E-state index contributed by atoms with van der Waals surface area (Å²) in [5, 5.41) is 9.62. The number of nitrogens with zero attached hydrogens (tertiary/aromatic N) is 1. The average molecular weight is 281 g/mol. The standard InChI is InChI=1S/C16H27NO3/c1-13(2)20-11-5-10-17(3)16(12-18)14-6-8-15(19-4)9-7-14/h6-9,13,16,18H,5,10-12H2,1-4H3/t16-/m0/s1. The van der Waals surface area contributed by atoms with Crippen LogP contribution in [0.1, 0.15) is 31.9 Å². The molecule has 4 heteroatoms. The third-order valence-electron chi connectivity index (χ3n) is 3.31. The predicted octanol–water partition coefficient (Wildman–Crippen LogP) is 2.48. The number of aliphatic hydroxyl groups is 1. The van der Waals surface area contributed by atoms with E-state index in [-0.39, 0.29) is 18.8 Å². The lowest BCUT2D eigenvalue weighted by Gasteiger charge is -2.27. The molecule has 0 fully saturated rings. The van der Waals surface area contributed by atoms with Crippen LogP contribution in [0.2, 0.25) is 0 Å². The van der Waals surface area contributed by atoms with Gasteiger partial charge in [0.2, 0.25) is 0 Å². The molecule has 0 aliphatic heterocycles. The van der Waals surface area contributed by atoms with Crippen LogP contribution < -0.4 is 4.74 Å². The predicted molar refractivity (Wildman–Crippen MR) is 81.2 cm³/mol. The molecule has 0 radical (unpaired) electrons. The van der Waals surface area contributed by atoms with Gasteiger partial charge in [0.1, 0.15) is 5.75 Å². The van der Waals surface area contributed by atoms with Crippen LogP contribution in [-0.2, 0) is 4.74 Å². The minimum Gasteiger partial charge on any atom is -0.497 e. The zero-order valence-electron chi connectivity index (χ0n) is 13.0. The van der Waals surface area contributed by atoms with E-state index >= 15 is 0 Å². The number of ether oxygens (including phenoxy) is 2. The smallest absolute Gasteiger partial charge is 0.118 e. The molecule has 20 heavy (non-hydrogen) atoms. The summed E-state index contributed by atoms with van der Waals surface area (Å²) in [4.78, 5) is 2.16. The van der Waals surface area contributed by atoms with Gasteiger partial charge in [0, 0.05) is 13.2 Å². The molecule has 0 amide bonds. The molecule has 1 aromatic rings.